The number of nitrogens with two attached hydrogens (primary N) is 2. The minimum atomic E-state index is -0.985. The molecule has 0 bridgehead atoms. The van der Waals surface area contributed by atoms with Crippen LogP contribution in [-0.2, 0) is 4.79 Å². The number of likely N-dealkylation sites (tertiary alicyclic amines) is 1. The summed E-state index contributed by atoms with van der Waals surface area (Å²) in [6, 6.07) is 0.780. The van der Waals surface area contributed by atoms with E-state index in [1.807, 2.05) is 0 Å². The van der Waals surface area contributed by atoms with Crippen LogP contribution in [0.3, 0.4) is 0 Å². The summed E-state index contributed by atoms with van der Waals surface area (Å²) in [7, 11) is 0. The van der Waals surface area contributed by atoms with Crippen LogP contribution in [0.4, 0.5) is 14.5 Å². The Labute approximate surface area is 108 Å². The molecule has 1 aromatic carbocycles. The van der Waals surface area contributed by atoms with Gasteiger partial charge in [0, 0.05) is 6.54 Å². The van der Waals surface area contributed by atoms with Gasteiger partial charge in [-0.15, -0.1) is 0 Å². The first-order chi connectivity index (χ1) is 8.91. The molecule has 0 radical (unpaired) electrons. The first-order valence-electron chi connectivity index (χ1n) is 5.76. The van der Waals surface area contributed by atoms with Crippen molar-refractivity contribution < 1.29 is 18.4 Å². The second-order valence-corrected chi connectivity index (χ2v) is 4.42. The molecule has 7 heteroatoms. The number of carbonyl (C=O) groups is 2. The van der Waals surface area contributed by atoms with Gasteiger partial charge in [-0.1, -0.05) is 0 Å². The zero-order valence-electron chi connectivity index (χ0n) is 10.0. The number of rotatable bonds is 2. The standard InChI is InChI=1S/C12H13F2N3O2/c13-6-4-7(10(14)8(15)5-6)12(19)17-3-1-2-9(17)11(16)18/h4-5,9H,1-3,15H2,(H2,16,18). The summed E-state index contributed by atoms with van der Waals surface area (Å²) in [6.45, 7) is 0.280. The highest BCUT2D eigenvalue weighted by molar-refractivity contribution is 5.98. The molecule has 1 atom stereocenters. The van der Waals surface area contributed by atoms with Crippen molar-refractivity contribution in [3.05, 3.63) is 29.3 Å². The Hall–Kier alpha value is -2.18. The number of amides is 2. The Bertz CT molecular complexity index is 548. The Morgan fingerprint density at radius 2 is 2.00 bits per heavy atom. The molecule has 1 aromatic rings. The number of halogens is 2. The van der Waals surface area contributed by atoms with Crippen molar-refractivity contribution in [1.82, 2.24) is 4.90 Å². The van der Waals surface area contributed by atoms with Crippen LogP contribution in [0.2, 0.25) is 0 Å². The summed E-state index contributed by atoms with van der Waals surface area (Å²) >= 11 is 0. The zero-order valence-corrected chi connectivity index (χ0v) is 10.0. The molecule has 0 spiro atoms. The predicted octanol–water partition coefficient (Wildman–Crippen LogP) is 0.637. The van der Waals surface area contributed by atoms with Crippen LogP contribution in [0.1, 0.15) is 23.2 Å². The third kappa shape index (κ3) is 2.35. The van der Waals surface area contributed by atoms with Gasteiger partial charge in [0.1, 0.15) is 11.9 Å². The second kappa shape index (κ2) is 4.83. The smallest absolute Gasteiger partial charge is 0.257 e. The highest BCUT2D eigenvalue weighted by atomic mass is 19.1. The van der Waals surface area contributed by atoms with Crippen LogP contribution in [0.25, 0.3) is 0 Å². The Morgan fingerprint density at radius 3 is 2.63 bits per heavy atom. The number of nitrogens with zero attached hydrogens (tertiary/aromatic N) is 1. The maximum Gasteiger partial charge on any atom is 0.257 e. The average molecular weight is 269 g/mol. The van der Waals surface area contributed by atoms with Crippen LogP contribution in [0.5, 0.6) is 0 Å². The number of carbonyl (C=O) groups excluding carboxylic acids is 2. The summed E-state index contributed by atoms with van der Waals surface area (Å²) < 4.78 is 27.0. The first kappa shape index (κ1) is 13.3. The quantitative estimate of drug-likeness (QED) is 0.772. The topological polar surface area (TPSA) is 89.4 Å². The molecular formula is C12H13F2N3O2. The van der Waals surface area contributed by atoms with Crippen molar-refractivity contribution in [2.24, 2.45) is 5.73 Å². The number of nitrogen functional groups attached to an aromatic ring is 1. The van der Waals surface area contributed by atoms with E-state index >= 15 is 0 Å². The van der Waals surface area contributed by atoms with Crippen molar-refractivity contribution in [2.75, 3.05) is 12.3 Å². The molecule has 0 saturated carbocycles. The molecule has 0 aliphatic carbocycles. The first-order valence-corrected chi connectivity index (χ1v) is 5.76. The second-order valence-electron chi connectivity index (χ2n) is 4.42. The Kier molecular flexibility index (Phi) is 3.37. The fourth-order valence-electron chi connectivity index (χ4n) is 2.23. The molecule has 0 aromatic heterocycles. The summed E-state index contributed by atoms with van der Waals surface area (Å²) in [4.78, 5) is 24.5. The molecule has 1 aliphatic heterocycles. The SMILES string of the molecule is NC(=O)C1CCCN1C(=O)c1cc(F)cc(N)c1F. The van der Waals surface area contributed by atoms with Gasteiger partial charge in [0.05, 0.1) is 11.3 Å². The van der Waals surface area contributed by atoms with Crippen molar-refractivity contribution in [1.29, 1.82) is 0 Å². The summed E-state index contributed by atoms with van der Waals surface area (Å²) in [5, 5.41) is 0. The number of benzene rings is 1. The Balaban J connectivity index is 2.37. The van der Waals surface area contributed by atoms with E-state index in [4.69, 9.17) is 11.5 Å². The fraction of sp³-hybridized carbons (Fsp3) is 0.333. The van der Waals surface area contributed by atoms with Crippen molar-refractivity contribution in [2.45, 2.75) is 18.9 Å². The molecular weight excluding hydrogens is 256 g/mol. The Morgan fingerprint density at radius 1 is 1.32 bits per heavy atom. The molecule has 2 amide bonds. The fourth-order valence-corrected chi connectivity index (χ4v) is 2.23. The number of hydrogen-bond donors (Lipinski definition) is 2. The highest BCUT2D eigenvalue weighted by Crippen LogP contribution is 2.24. The summed E-state index contributed by atoms with van der Waals surface area (Å²) in [5.74, 6) is -3.22. The van der Waals surface area contributed by atoms with Gasteiger partial charge >= 0.3 is 0 Å². The van der Waals surface area contributed by atoms with E-state index in [1.54, 1.807) is 0 Å². The van der Waals surface area contributed by atoms with Crippen molar-refractivity contribution >= 4 is 17.5 Å². The molecule has 1 heterocycles. The van der Waals surface area contributed by atoms with E-state index in [-0.39, 0.29) is 6.54 Å². The number of hydrogen-bond acceptors (Lipinski definition) is 3. The highest BCUT2D eigenvalue weighted by Gasteiger charge is 2.34. The van der Waals surface area contributed by atoms with E-state index in [9.17, 15) is 18.4 Å². The van der Waals surface area contributed by atoms with Crippen LogP contribution in [0, 0.1) is 11.6 Å². The third-order valence-electron chi connectivity index (χ3n) is 3.14. The van der Waals surface area contributed by atoms with Gasteiger partial charge in [-0.25, -0.2) is 8.78 Å². The number of primary amides is 1. The van der Waals surface area contributed by atoms with E-state index in [0.29, 0.717) is 12.8 Å². The van der Waals surface area contributed by atoms with Gasteiger partial charge in [0.25, 0.3) is 5.91 Å². The van der Waals surface area contributed by atoms with Gasteiger partial charge in [0.2, 0.25) is 5.91 Å². The molecule has 4 N–H and O–H groups in total. The molecule has 102 valence electrons. The molecule has 1 unspecified atom stereocenters. The molecule has 1 fully saturated rings. The van der Waals surface area contributed by atoms with Crippen LogP contribution in [-0.4, -0.2) is 29.3 Å². The predicted molar refractivity (Wildman–Crippen MR) is 64.0 cm³/mol. The van der Waals surface area contributed by atoms with Crippen molar-refractivity contribution in [3.63, 3.8) is 0 Å². The van der Waals surface area contributed by atoms with Gasteiger partial charge in [-0.2, -0.15) is 0 Å². The minimum absolute atomic E-state index is 0.280. The maximum atomic E-state index is 13.8. The summed E-state index contributed by atoms with van der Waals surface area (Å²) in [6.07, 6.45) is 1.01. The average Bonchev–Trinajstić information content (AvgIpc) is 2.82. The van der Waals surface area contributed by atoms with Gasteiger partial charge in [-0.05, 0) is 25.0 Å². The third-order valence-corrected chi connectivity index (χ3v) is 3.14. The molecule has 19 heavy (non-hydrogen) atoms. The van der Waals surface area contributed by atoms with Gasteiger partial charge < -0.3 is 16.4 Å². The monoisotopic (exact) mass is 269 g/mol. The lowest BCUT2D eigenvalue weighted by Gasteiger charge is -2.22. The lowest BCUT2D eigenvalue weighted by atomic mass is 10.1. The maximum absolute atomic E-state index is 13.8. The molecule has 2 rings (SSSR count). The van der Waals surface area contributed by atoms with Crippen LogP contribution in [0.15, 0.2) is 12.1 Å². The normalized spacial score (nSPS) is 18.6. The van der Waals surface area contributed by atoms with Gasteiger partial charge in [-0.3, -0.25) is 9.59 Å². The van der Waals surface area contributed by atoms with E-state index in [0.717, 1.165) is 17.0 Å². The molecule has 1 saturated heterocycles. The van der Waals surface area contributed by atoms with Crippen LogP contribution >= 0.6 is 0 Å². The van der Waals surface area contributed by atoms with E-state index in [1.165, 1.54) is 0 Å². The summed E-state index contributed by atoms with van der Waals surface area (Å²) in [5.41, 5.74) is 9.52. The number of anilines is 1. The van der Waals surface area contributed by atoms with E-state index < -0.39 is 40.7 Å². The van der Waals surface area contributed by atoms with Gasteiger partial charge in [0.15, 0.2) is 5.82 Å². The minimum Gasteiger partial charge on any atom is -0.396 e. The largest absolute Gasteiger partial charge is 0.396 e. The van der Waals surface area contributed by atoms with Crippen LogP contribution < -0.4 is 11.5 Å². The van der Waals surface area contributed by atoms with E-state index in [2.05, 4.69) is 0 Å². The van der Waals surface area contributed by atoms with Crippen molar-refractivity contribution in [3.8, 4) is 0 Å². The lowest BCUT2D eigenvalue weighted by molar-refractivity contribution is -0.121. The molecule has 1 aliphatic rings. The molecule has 5 nitrogen and oxygen atoms in total. The lowest BCUT2D eigenvalue weighted by Crippen LogP contribution is -2.44. The zero-order chi connectivity index (χ0) is 14.2.